The summed E-state index contributed by atoms with van der Waals surface area (Å²) in [7, 11) is 1.00. The average molecular weight is 270 g/mol. The van der Waals surface area contributed by atoms with Gasteiger partial charge in [-0.2, -0.15) is 0 Å². The predicted octanol–water partition coefficient (Wildman–Crippen LogP) is 0.627. The van der Waals surface area contributed by atoms with Crippen molar-refractivity contribution in [3.05, 3.63) is 36.7 Å². The number of hydrogen-bond donors (Lipinski definition) is 2. The molecule has 5 nitrogen and oxygen atoms in total. The summed E-state index contributed by atoms with van der Waals surface area (Å²) in [6.07, 6.45) is 6.25. The highest BCUT2D eigenvalue weighted by atomic mass is 16.3. The van der Waals surface area contributed by atoms with Crippen LogP contribution in [0.1, 0.15) is 18.9 Å². The molecular weight excluding hydrogens is 246 g/mol. The summed E-state index contributed by atoms with van der Waals surface area (Å²) in [5.41, 5.74) is 1.10. The van der Waals surface area contributed by atoms with E-state index in [1.165, 1.54) is 0 Å². The standard InChI is InChI=1S/C11H16NO.CH4O.2CH2O/c1-3-10-5-7-12(8-6-10)9-11(13)4-2;3*1-2/h3,5-8,11,13H,1,4,9H2,2H3;2H,1H3;2*1H2/q+1;;;. The molecule has 2 N–H and O–H groups in total. The highest BCUT2D eigenvalue weighted by Crippen LogP contribution is 1.96. The minimum atomic E-state index is -0.250. The van der Waals surface area contributed by atoms with Gasteiger partial charge in [-0.3, -0.25) is 0 Å². The van der Waals surface area contributed by atoms with E-state index in [0.29, 0.717) is 6.54 Å². The maximum atomic E-state index is 9.40. The molecule has 19 heavy (non-hydrogen) atoms. The third-order valence-corrected chi connectivity index (χ3v) is 2.05. The van der Waals surface area contributed by atoms with Gasteiger partial charge in [0.25, 0.3) is 0 Å². The van der Waals surface area contributed by atoms with Crippen molar-refractivity contribution in [2.75, 3.05) is 7.11 Å². The molecule has 1 aromatic rings. The number of nitrogens with zero attached hydrogens (tertiary/aromatic N) is 1. The fourth-order valence-corrected chi connectivity index (χ4v) is 1.10. The molecule has 0 saturated carbocycles. The molecular formula is C14H24NO4+. The molecule has 0 aliphatic heterocycles. The lowest BCUT2D eigenvalue weighted by Crippen LogP contribution is -2.38. The van der Waals surface area contributed by atoms with Crippen LogP contribution in [0.5, 0.6) is 0 Å². The molecule has 0 spiro atoms. The van der Waals surface area contributed by atoms with E-state index in [-0.39, 0.29) is 6.10 Å². The average Bonchev–Trinajstić information content (AvgIpc) is 2.54. The Bertz CT molecular complexity index is 299. The smallest absolute Gasteiger partial charge is 0.174 e. The van der Waals surface area contributed by atoms with Gasteiger partial charge in [-0.1, -0.05) is 19.6 Å². The van der Waals surface area contributed by atoms with E-state index in [1.54, 1.807) is 6.08 Å². The first-order valence-corrected chi connectivity index (χ1v) is 5.58. The summed E-state index contributed by atoms with van der Waals surface area (Å²) >= 11 is 0. The molecule has 5 heteroatoms. The van der Waals surface area contributed by atoms with E-state index in [0.717, 1.165) is 19.1 Å². The van der Waals surface area contributed by atoms with Crippen molar-refractivity contribution >= 4 is 19.7 Å². The van der Waals surface area contributed by atoms with E-state index in [1.807, 2.05) is 49.6 Å². The van der Waals surface area contributed by atoms with Crippen molar-refractivity contribution in [2.45, 2.75) is 26.0 Å². The van der Waals surface area contributed by atoms with Crippen LogP contribution in [0.4, 0.5) is 0 Å². The van der Waals surface area contributed by atoms with E-state index in [4.69, 9.17) is 14.7 Å². The Kier molecular flexibility index (Phi) is 21.8. The molecule has 0 aromatic carbocycles. The van der Waals surface area contributed by atoms with Gasteiger partial charge in [0.1, 0.15) is 19.7 Å². The number of pyridine rings is 1. The summed E-state index contributed by atoms with van der Waals surface area (Å²) in [6, 6.07) is 3.96. The molecule has 0 aliphatic carbocycles. The van der Waals surface area contributed by atoms with Gasteiger partial charge in [0.15, 0.2) is 18.9 Å². The second-order valence-electron chi connectivity index (χ2n) is 3.09. The van der Waals surface area contributed by atoms with Crippen LogP contribution in [-0.4, -0.2) is 37.0 Å². The quantitative estimate of drug-likeness (QED) is 0.786. The van der Waals surface area contributed by atoms with Gasteiger partial charge in [-0.15, -0.1) is 0 Å². The van der Waals surface area contributed by atoms with Gasteiger partial charge in [-0.25, -0.2) is 4.57 Å². The molecule has 0 saturated heterocycles. The van der Waals surface area contributed by atoms with Gasteiger partial charge < -0.3 is 19.8 Å². The number of aromatic nitrogens is 1. The van der Waals surface area contributed by atoms with Gasteiger partial charge in [0, 0.05) is 19.2 Å². The summed E-state index contributed by atoms with van der Waals surface area (Å²) < 4.78 is 1.97. The summed E-state index contributed by atoms with van der Waals surface area (Å²) in [6.45, 7) is 10.3. The lowest BCUT2D eigenvalue weighted by Gasteiger charge is -2.02. The van der Waals surface area contributed by atoms with Crippen LogP contribution in [0.15, 0.2) is 31.1 Å². The number of aliphatic hydroxyl groups is 2. The van der Waals surface area contributed by atoms with Crippen LogP contribution in [-0.2, 0) is 16.1 Å². The van der Waals surface area contributed by atoms with E-state index >= 15 is 0 Å². The fraction of sp³-hybridized carbons (Fsp3) is 0.357. The van der Waals surface area contributed by atoms with Crippen LogP contribution in [0.3, 0.4) is 0 Å². The molecule has 0 amide bonds. The van der Waals surface area contributed by atoms with Gasteiger partial charge in [0.2, 0.25) is 0 Å². The lowest BCUT2D eigenvalue weighted by atomic mass is 10.2. The summed E-state index contributed by atoms with van der Waals surface area (Å²) in [5.74, 6) is 0. The predicted molar refractivity (Wildman–Crippen MR) is 75.4 cm³/mol. The first-order valence-electron chi connectivity index (χ1n) is 5.58. The summed E-state index contributed by atoms with van der Waals surface area (Å²) in [4.78, 5) is 16.0. The normalized spacial score (nSPS) is 9.26. The van der Waals surface area contributed by atoms with E-state index in [9.17, 15) is 5.11 Å². The highest BCUT2D eigenvalue weighted by molar-refractivity contribution is 5.44. The molecule has 1 unspecified atom stereocenters. The number of aliphatic hydroxyl groups excluding tert-OH is 2. The number of carbonyl (C=O) groups is 2. The van der Waals surface area contributed by atoms with Crippen LogP contribution in [0.25, 0.3) is 6.08 Å². The number of rotatable bonds is 4. The zero-order valence-corrected chi connectivity index (χ0v) is 11.7. The van der Waals surface area contributed by atoms with Crippen LogP contribution >= 0.6 is 0 Å². The molecule has 1 aromatic heterocycles. The van der Waals surface area contributed by atoms with Crippen molar-refractivity contribution in [2.24, 2.45) is 0 Å². The molecule has 0 bridgehead atoms. The van der Waals surface area contributed by atoms with E-state index in [2.05, 4.69) is 6.58 Å². The topological polar surface area (TPSA) is 78.5 Å². The third-order valence-electron chi connectivity index (χ3n) is 2.05. The Morgan fingerprint density at radius 2 is 1.63 bits per heavy atom. The summed E-state index contributed by atoms with van der Waals surface area (Å²) in [5, 5.41) is 16.4. The maximum Gasteiger partial charge on any atom is 0.174 e. The zero-order valence-electron chi connectivity index (χ0n) is 11.7. The maximum absolute atomic E-state index is 9.40. The van der Waals surface area contributed by atoms with Crippen LogP contribution < -0.4 is 4.57 Å². The van der Waals surface area contributed by atoms with Crippen LogP contribution in [0.2, 0.25) is 0 Å². The number of hydrogen-bond acceptors (Lipinski definition) is 4. The molecule has 0 radical (unpaired) electrons. The molecule has 108 valence electrons. The van der Waals surface area contributed by atoms with Crippen molar-refractivity contribution in [1.82, 2.24) is 0 Å². The van der Waals surface area contributed by atoms with Crippen molar-refractivity contribution in [1.29, 1.82) is 0 Å². The second-order valence-corrected chi connectivity index (χ2v) is 3.09. The number of carbonyl (C=O) groups excluding carboxylic acids is 2. The first-order chi connectivity index (χ1) is 9.26. The van der Waals surface area contributed by atoms with Gasteiger partial charge in [-0.05, 0) is 12.0 Å². The molecule has 0 aliphatic rings. The lowest BCUT2D eigenvalue weighted by molar-refractivity contribution is -0.703. The highest BCUT2D eigenvalue weighted by Gasteiger charge is 2.07. The van der Waals surface area contributed by atoms with Crippen molar-refractivity contribution < 1.29 is 24.4 Å². The molecule has 1 rings (SSSR count). The Labute approximate surface area is 114 Å². The molecule has 0 fully saturated rings. The first kappa shape index (κ1) is 22.3. The van der Waals surface area contributed by atoms with Crippen molar-refractivity contribution in [3.8, 4) is 0 Å². The van der Waals surface area contributed by atoms with Gasteiger partial charge in [0.05, 0.1) is 0 Å². The van der Waals surface area contributed by atoms with Crippen molar-refractivity contribution in [3.63, 3.8) is 0 Å². The minimum Gasteiger partial charge on any atom is -0.400 e. The Balaban J connectivity index is -0.000000375. The zero-order chi connectivity index (χ0) is 15.7. The van der Waals surface area contributed by atoms with E-state index < -0.39 is 0 Å². The molecule has 1 heterocycles. The largest absolute Gasteiger partial charge is 0.400 e. The Morgan fingerprint density at radius 1 is 1.21 bits per heavy atom. The second kappa shape index (κ2) is 18.5. The SMILES string of the molecule is C=Cc1cc[n+](CC(O)CC)cc1.C=O.C=O.CO. The minimum absolute atomic E-state index is 0.250. The Hall–Kier alpha value is -1.85. The third kappa shape index (κ3) is 12.4. The fourth-order valence-electron chi connectivity index (χ4n) is 1.10. The van der Waals surface area contributed by atoms with Gasteiger partial charge >= 0.3 is 0 Å². The van der Waals surface area contributed by atoms with Crippen LogP contribution in [0, 0.1) is 0 Å². The molecule has 1 atom stereocenters. The Morgan fingerprint density at radius 3 is 1.95 bits per heavy atom. The monoisotopic (exact) mass is 270 g/mol.